The first kappa shape index (κ1) is 16.8. The van der Waals surface area contributed by atoms with E-state index in [0.717, 1.165) is 18.2 Å². The van der Waals surface area contributed by atoms with Crippen molar-refractivity contribution in [2.24, 2.45) is 0 Å². The van der Waals surface area contributed by atoms with Gasteiger partial charge in [0.15, 0.2) is 9.84 Å². The zero-order valence-corrected chi connectivity index (χ0v) is 12.5. The lowest BCUT2D eigenvalue weighted by molar-refractivity contribution is 0.0696. The van der Waals surface area contributed by atoms with E-state index in [0.29, 0.717) is 6.42 Å². The van der Waals surface area contributed by atoms with Gasteiger partial charge in [0.05, 0.1) is 27.0 Å². The van der Waals surface area contributed by atoms with Gasteiger partial charge in [-0.05, 0) is 24.6 Å². The highest BCUT2D eigenvalue weighted by Crippen LogP contribution is 2.15. The largest absolute Gasteiger partial charge is 0.478 e. The number of hydrogen-bond acceptors (Lipinski definition) is 4. The van der Waals surface area contributed by atoms with E-state index < -0.39 is 32.4 Å². The van der Waals surface area contributed by atoms with Gasteiger partial charge in [0.25, 0.3) is 0 Å². The van der Waals surface area contributed by atoms with E-state index in [1.807, 2.05) is 0 Å². The fourth-order valence-electron chi connectivity index (χ4n) is 1.54. The molecule has 1 aromatic rings. The SMILES string of the molecule is CCCS(=O)(=O)CCS(=O)c1cc(C(=O)O)ccc1F. The van der Waals surface area contributed by atoms with Crippen molar-refractivity contribution in [3.63, 3.8) is 0 Å². The smallest absolute Gasteiger partial charge is 0.335 e. The van der Waals surface area contributed by atoms with Crippen molar-refractivity contribution in [1.29, 1.82) is 0 Å². The fraction of sp³-hybridized carbons (Fsp3) is 0.417. The number of benzene rings is 1. The average molecular weight is 322 g/mol. The van der Waals surface area contributed by atoms with Gasteiger partial charge in [-0.2, -0.15) is 0 Å². The molecule has 0 amide bonds. The molecule has 8 heteroatoms. The number of rotatable bonds is 7. The Morgan fingerprint density at radius 3 is 2.55 bits per heavy atom. The van der Waals surface area contributed by atoms with E-state index >= 15 is 0 Å². The third-order valence-electron chi connectivity index (χ3n) is 2.52. The Bertz CT molecular complexity index is 625. The number of sulfone groups is 1. The summed E-state index contributed by atoms with van der Waals surface area (Å²) in [6.45, 7) is 1.71. The molecule has 1 aromatic carbocycles. The summed E-state index contributed by atoms with van der Waals surface area (Å²) in [5.41, 5.74) is -0.189. The molecule has 0 saturated carbocycles. The van der Waals surface area contributed by atoms with Crippen molar-refractivity contribution in [3.05, 3.63) is 29.6 Å². The van der Waals surface area contributed by atoms with Crippen LogP contribution in [0.4, 0.5) is 4.39 Å². The van der Waals surface area contributed by atoms with E-state index in [2.05, 4.69) is 0 Å². The number of carbonyl (C=O) groups is 1. The predicted octanol–water partition coefficient (Wildman–Crippen LogP) is 1.46. The molecule has 0 aliphatic carbocycles. The molecule has 112 valence electrons. The summed E-state index contributed by atoms with van der Waals surface area (Å²) >= 11 is 0. The molecule has 0 saturated heterocycles. The molecule has 1 rings (SSSR count). The molecule has 1 unspecified atom stereocenters. The molecule has 0 aliphatic rings. The van der Waals surface area contributed by atoms with Crippen LogP contribution in [0, 0.1) is 5.82 Å². The van der Waals surface area contributed by atoms with Gasteiger partial charge in [-0.1, -0.05) is 6.92 Å². The maximum absolute atomic E-state index is 13.5. The van der Waals surface area contributed by atoms with Crippen LogP contribution in [0.15, 0.2) is 23.1 Å². The summed E-state index contributed by atoms with van der Waals surface area (Å²) in [4.78, 5) is 10.5. The van der Waals surface area contributed by atoms with Gasteiger partial charge in [-0.15, -0.1) is 0 Å². The third kappa shape index (κ3) is 4.68. The van der Waals surface area contributed by atoms with Crippen LogP contribution >= 0.6 is 0 Å². The minimum Gasteiger partial charge on any atom is -0.478 e. The molecular weight excluding hydrogens is 307 g/mol. The van der Waals surface area contributed by atoms with Crippen molar-refractivity contribution in [2.45, 2.75) is 18.2 Å². The second-order valence-electron chi connectivity index (χ2n) is 4.15. The predicted molar refractivity (Wildman–Crippen MR) is 73.6 cm³/mol. The lowest BCUT2D eigenvalue weighted by Gasteiger charge is -2.06. The van der Waals surface area contributed by atoms with Crippen LogP contribution in [0.2, 0.25) is 0 Å². The summed E-state index contributed by atoms with van der Waals surface area (Å²) in [5, 5.41) is 8.79. The molecule has 20 heavy (non-hydrogen) atoms. The summed E-state index contributed by atoms with van der Waals surface area (Å²) < 4.78 is 48.4. The molecular formula is C12H15FO5S2. The lowest BCUT2D eigenvalue weighted by atomic mass is 10.2. The molecule has 0 aliphatic heterocycles. The Hall–Kier alpha value is -1.28. The second-order valence-corrected chi connectivity index (χ2v) is 7.99. The van der Waals surface area contributed by atoms with Gasteiger partial charge < -0.3 is 5.11 Å². The zero-order valence-electron chi connectivity index (χ0n) is 10.8. The van der Waals surface area contributed by atoms with E-state index in [9.17, 15) is 21.8 Å². The van der Waals surface area contributed by atoms with E-state index in [1.54, 1.807) is 6.92 Å². The standard InChI is InChI=1S/C12H15FO5S2/c1-2-6-20(17,18)7-5-19(16)11-8-9(12(14)15)3-4-10(11)13/h3-4,8H,2,5-7H2,1H3,(H,14,15). The average Bonchev–Trinajstić information content (AvgIpc) is 2.36. The summed E-state index contributed by atoms with van der Waals surface area (Å²) in [7, 11) is -5.20. The van der Waals surface area contributed by atoms with Crippen molar-refractivity contribution in [3.8, 4) is 0 Å². The number of hydrogen-bond donors (Lipinski definition) is 1. The maximum Gasteiger partial charge on any atom is 0.335 e. The Morgan fingerprint density at radius 1 is 1.35 bits per heavy atom. The quantitative estimate of drug-likeness (QED) is 0.821. The molecule has 0 aromatic heterocycles. The molecule has 1 atom stereocenters. The first-order valence-corrected chi connectivity index (χ1v) is 9.02. The third-order valence-corrected chi connectivity index (χ3v) is 6.01. The van der Waals surface area contributed by atoms with Gasteiger partial charge in [0.1, 0.15) is 5.82 Å². The molecule has 5 nitrogen and oxygen atoms in total. The second kappa shape index (κ2) is 6.94. The van der Waals surface area contributed by atoms with Crippen molar-refractivity contribution in [1.82, 2.24) is 0 Å². The van der Waals surface area contributed by atoms with E-state index in [1.165, 1.54) is 0 Å². The van der Waals surface area contributed by atoms with Crippen molar-refractivity contribution >= 4 is 26.6 Å². The van der Waals surface area contributed by atoms with Crippen LogP contribution in [0.25, 0.3) is 0 Å². The first-order chi connectivity index (χ1) is 9.26. The first-order valence-electron chi connectivity index (χ1n) is 5.88. The monoisotopic (exact) mass is 322 g/mol. The Morgan fingerprint density at radius 2 is 2.00 bits per heavy atom. The highest BCUT2D eigenvalue weighted by Gasteiger charge is 2.17. The minimum absolute atomic E-state index is 0.0121. The molecule has 1 N–H and O–H groups in total. The fourth-order valence-corrected chi connectivity index (χ4v) is 4.75. The Labute approximate surface area is 119 Å². The van der Waals surface area contributed by atoms with E-state index in [-0.39, 0.29) is 27.7 Å². The molecule has 0 fully saturated rings. The van der Waals surface area contributed by atoms with Crippen molar-refractivity contribution < 1.29 is 26.9 Å². The number of halogens is 1. The molecule has 0 bridgehead atoms. The zero-order chi connectivity index (χ0) is 15.3. The molecule has 0 radical (unpaired) electrons. The number of aromatic carboxylic acids is 1. The van der Waals surface area contributed by atoms with Crippen LogP contribution in [0.5, 0.6) is 0 Å². The summed E-state index contributed by atoms with van der Waals surface area (Å²) in [5.74, 6) is -2.64. The Kier molecular flexibility index (Phi) is 5.82. The lowest BCUT2D eigenvalue weighted by Crippen LogP contribution is -2.17. The van der Waals surface area contributed by atoms with Crippen LogP contribution in [0.3, 0.4) is 0 Å². The number of carboxylic acid groups (broad SMARTS) is 1. The van der Waals surface area contributed by atoms with Crippen molar-refractivity contribution in [2.75, 3.05) is 17.3 Å². The summed E-state index contributed by atoms with van der Waals surface area (Å²) in [6.07, 6.45) is 0.456. The Balaban J connectivity index is 2.88. The van der Waals surface area contributed by atoms with Crippen LogP contribution in [-0.2, 0) is 20.6 Å². The highest BCUT2D eigenvalue weighted by molar-refractivity contribution is 7.93. The van der Waals surface area contributed by atoms with Gasteiger partial charge in [-0.25, -0.2) is 17.6 Å². The normalized spacial score (nSPS) is 13.1. The highest BCUT2D eigenvalue weighted by atomic mass is 32.2. The van der Waals surface area contributed by atoms with Crippen LogP contribution < -0.4 is 0 Å². The van der Waals surface area contributed by atoms with Gasteiger partial charge in [-0.3, -0.25) is 4.21 Å². The number of carboxylic acids is 1. The van der Waals surface area contributed by atoms with E-state index in [4.69, 9.17) is 5.11 Å². The molecule has 0 spiro atoms. The van der Waals surface area contributed by atoms with Crippen LogP contribution in [-0.4, -0.2) is 41.0 Å². The molecule has 0 heterocycles. The van der Waals surface area contributed by atoms with Crippen LogP contribution in [0.1, 0.15) is 23.7 Å². The summed E-state index contributed by atoms with van der Waals surface area (Å²) in [6, 6.07) is 2.95. The minimum atomic E-state index is -3.31. The maximum atomic E-state index is 13.5. The topological polar surface area (TPSA) is 88.5 Å². The van der Waals surface area contributed by atoms with Gasteiger partial charge in [0.2, 0.25) is 0 Å². The van der Waals surface area contributed by atoms with Gasteiger partial charge >= 0.3 is 5.97 Å². The van der Waals surface area contributed by atoms with Gasteiger partial charge in [0, 0.05) is 11.5 Å².